The van der Waals surface area contributed by atoms with Gasteiger partial charge >= 0.3 is 11.9 Å². The minimum Gasteiger partial charge on any atom is -0.508 e. The van der Waals surface area contributed by atoms with Crippen LogP contribution >= 0.6 is 0 Å². The summed E-state index contributed by atoms with van der Waals surface area (Å²) in [5.74, 6) is -1.01. The molecule has 4 aromatic carbocycles. The summed E-state index contributed by atoms with van der Waals surface area (Å²) in [7, 11) is 0. The van der Waals surface area contributed by atoms with E-state index in [4.69, 9.17) is 4.74 Å². The van der Waals surface area contributed by atoms with Crippen LogP contribution in [0, 0.1) is 6.92 Å². The first-order valence-corrected chi connectivity index (χ1v) is 20.3. The van der Waals surface area contributed by atoms with E-state index in [2.05, 4.69) is 48.3 Å². The van der Waals surface area contributed by atoms with Crippen LogP contribution in [0.15, 0.2) is 84.9 Å². The van der Waals surface area contributed by atoms with Gasteiger partial charge in [-0.25, -0.2) is 9.59 Å². The fourth-order valence-electron chi connectivity index (χ4n) is 5.89. The number of phenols is 2. The van der Waals surface area contributed by atoms with Crippen LogP contribution in [0.3, 0.4) is 0 Å². The number of aryl methyl sites for hydroxylation is 1. The molecule has 0 unspecified atom stereocenters. The highest BCUT2D eigenvalue weighted by atomic mass is 16.6. The van der Waals surface area contributed by atoms with Crippen LogP contribution in [-0.2, 0) is 9.53 Å². The fourth-order valence-corrected chi connectivity index (χ4v) is 5.89. The van der Waals surface area contributed by atoms with Crippen molar-refractivity contribution in [3.8, 4) is 17.2 Å². The third-order valence-electron chi connectivity index (χ3n) is 9.02. The molecule has 0 aromatic heterocycles. The van der Waals surface area contributed by atoms with Crippen molar-refractivity contribution in [2.75, 3.05) is 36.0 Å². The molecule has 1 heterocycles. The van der Waals surface area contributed by atoms with Crippen molar-refractivity contribution in [2.45, 2.75) is 99.8 Å². The van der Waals surface area contributed by atoms with E-state index in [9.17, 15) is 29.4 Å². The quantitative estimate of drug-likeness (QED) is 0.0435. The van der Waals surface area contributed by atoms with E-state index >= 15 is 0 Å². The summed E-state index contributed by atoms with van der Waals surface area (Å²) in [5.41, 5.74) is 4.16. The second-order valence-corrected chi connectivity index (χ2v) is 13.4. The Morgan fingerprint density at radius 3 is 1.72 bits per heavy atom. The van der Waals surface area contributed by atoms with Crippen molar-refractivity contribution < 1.29 is 38.9 Å². The van der Waals surface area contributed by atoms with Gasteiger partial charge in [-0.2, -0.15) is 0 Å². The molecule has 1 aliphatic rings. The Hall–Kier alpha value is -5.64. The summed E-state index contributed by atoms with van der Waals surface area (Å²) in [5, 5.41) is 20.0. The number of cyclic esters (lactones) is 2. The van der Waals surface area contributed by atoms with Crippen LogP contribution in [0.2, 0.25) is 0 Å². The van der Waals surface area contributed by atoms with Crippen LogP contribution in [0.5, 0.6) is 17.2 Å². The third-order valence-corrected chi connectivity index (χ3v) is 9.02. The zero-order valence-electron chi connectivity index (χ0n) is 34.9. The number of carbonyl (C=O) groups is 4. The molecule has 0 saturated heterocycles. The van der Waals surface area contributed by atoms with Crippen molar-refractivity contribution in [1.82, 2.24) is 0 Å². The van der Waals surface area contributed by atoms with E-state index in [0.717, 1.165) is 68.8 Å². The molecule has 0 radical (unpaired) electrons. The highest BCUT2D eigenvalue weighted by Gasteiger charge is 2.29. The standard InChI is InChI=1S/C22H27NO4.C14H23NO.C9H6O3.C2H6/c1-3-5-13-23(14-6-4-2)17-11-12-18(20(25)15-17)22(26)19-9-7-8-10-21(19)27-16-24;1-3-5-10-15(11-6-4-2)13-8-7-9-14(16)12-13;1-5-2-3-6-7(4-5)9(11)12-8(6)10;1-2/h7-12,15-16,25H,3-6,13-14H2,1-2H3;7-9,12,16H,3-6,10-11H2,1-2H3;2-4H,1H3;1-2H3. The molecule has 0 fully saturated rings. The lowest BCUT2D eigenvalue weighted by Crippen LogP contribution is -2.25. The number of esters is 2. The number of ketones is 1. The van der Waals surface area contributed by atoms with Crippen LogP contribution in [0.4, 0.5) is 11.4 Å². The van der Waals surface area contributed by atoms with Gasteiger partial charge in [0, 0.05) is 49.7 Å². The molecular weight excluding hydrogens is 721 g/mol. The number of hydrogen-bond donors (Lipinski definition) is 2. The lowest BCUT2D eigenvalue weighted by molar-refractivity contribution is -0.120. The summed E-state index contributed by atoms with van der Waals surface area (Å²) >= 11 is 0. The summed E-state index contributed by atoms with van der Waals surface area (Å²) in [6, 6.07) is 24.2. The maximum atomic E-state index is 12.8. The van der Waals surface area contributed by atoms with Gasteiger partial charge in [-0.15, -0.1) is 0 Å². The van der Waals surface area contributed by atoms with Crippen LogP contribution in [0.25, 0.3) is 0 Å². The van der Waals surface area contributed by atoms with Gasteiger partial charge in [0.2, 0.25) is 0 Å². The van der Waals surface area contributed by atoms with Crippen LogP contribution in [0.1, 0.15) is 135 Å². The second kappa shape index (κ2) is 26.3. The number of rotatable bonds is 18. The largest absolute Gasteiger partial charge is 0.508 e. The van der Waals surface area contributed by atoms with Gasteiger partial charge in [0.15, 0.2) is 5.78 Å². The number of ether oxygens (including phenoxy) is 2. The Morgan fingerprint density at radius 2 is 1.19 bits per heavy atom. The Labute approximate surface area is 339 Å². The average Bonchev–Trinajstić information content (AvgIpc) is 3.50. The number of aromatic hydroxyl groups is 2. The van der Waals surface area contributed by atoms with Crippen molar-refractivity contribution in [3.63, 3.8) is 0 Å². The lowest BCUT2D eigenvalue weighted by atomic mass is 10.0. The van der Waals surface area contributed by atoms with E-state index < -0.39 is 11.9 Å². The molecule has 10 heteroatoms. The van der Waals surface area contributed by atoms with Gasteiger partial charge in [0.25, 0.3) is 6.47 Å². The van der Waals surface area contributed by atoms with Crippen molar-refractivity contribution in [2.24, 2.45) is 0 Å². The first kappa shape index (κ1) is 47.5. The normalized spacial score (nSPS) is 11.0. The number of carbonyl (C=O) groups excluding carboxylic acids is 4. The number of anilines is 2. The lowest BCUT2D eigenvalue weighted by Gasteiger charge is -2.25. The molecule has 0 saturated carbocycles. The Kier molecular flexibility index (Phi) is 21.9. The molecule has 1 aliphatic heterocycles. The van der Waals surface area contributed by atoms with Gasteiger partial charge in [-0.1, -0.05) is 97.1 Å². The van der Waals surface area contributed by atoms with E-state index in [1.165, 1.54) is 25.7 Å². The van der Waals surface area contributed by atoms with Crippen molar-refractivity contribution >= 4 is 35.6 Å². The van der Waals surface area contributed by atoms with E-state index in [0.29, 0.717) is 16.9 Å². The number of nitrogens with zero attached hydrogens (tertiary/aromatic N) is 2. The molecule has 0 spiro atoms. The van der Waals surface area contributed by atoms with Crippen LogP contribution < -0.4 is 14.5 Å². The van der Waals surface area contributed by atoms with Gasteiger partial charge in [0.05, 0.1) is 22.3 Å². The van der Waals surface area contributed by atoms with Gasteiger partial charge in [-0.3, -0.25) is 9.59 Å². The molecule has 0 atom stereocenters. The summed E-state index contributed by atoms with van der Waals surface area (Å²) in [6.45, 7) is 18.9. The zero-order valence-corrected chi connectivity index (χ0v) is 34.9. The van der Waals surface area contributed by atoms with Gasteiger partial charge < -0.3 is 29.5 Å². The summed E-state index contributed by atoms with van der Waals surface area (Å²) < 4.78 is 9.29. The SMILES string of the molecule is CC.CCCCN(CCCC)c1ccc(C(=O)c2ccccc2OC=O)c(O)c1.CCCCN(CCCC)c1cccc(O)c1.Cc1ccc2c(c1)C(=O)OC2=O. The number of para-hydroxylation sites is 1. The molecule has 57 heavy (non-hydrogen) atoms. The zero-order chi connectivity index (χ0) is 42.2. The van der Waals surface area contributed by atoms with Crippen molar-refractivity contribution in [1.29, 1.82) is 0 Å². The highest BCUT2D eigenvalue weighted by Crippen LogP contribution is 2.30. The highest BCUT2D eigenvalue weighted by molar-refractivity contribution is 6.14. The number of phenolic OH excluding ortho intramolecular Hbond substituents is 2. The minimum atomic E-state index is -0.546. The summed E-state index contributed by atoms with van der Waals surface area (Å²) in [6.07, 6.45) is 9.17. The Bertz CT molecular complexity index is 1840. The predicted molar refractivity (Wildman–Crippen MR) is 229 cm³/mol. The first-order valence-electron chi connectivity index (χ1n) is 20.3. The number of hydrogen-bond acceptors (Lipinski definition) is 10. The van der Waals surface area contributed by atoms with E-state index in [-0.39, 0.29) is 34.9 Å². The second-order valence-electron chi connectivity index (χ2n) is 13.4. The molecule has 5 rings (SSSR count). The smallest absolute Gasteiger partial charge is 0.346 e. The Balaban J connectivity index is 0.000000315. The van der Waals surface area contributed by atoms with Gasteiger partial charge in [-0.05, 0) is 81.1 Å². The molecule has 4 aromatic rings. The predicted octanol–water partition coefficient (Wildman–Crippen LogP) is 10.7. The Morgan fingerprint density at radius 1 is 0.649 bits per heavy atom. The van der Waals surface area contributed by atoms with Gasteiger partial charge in [0.1, 0.15) is 17.2 Å². The minimum absolute atomic E-state index is 0.0728. The summed E-state index contributed by atoms with van der Waals surface area (Å²) in [4.78, 5) is 50.0. The number of unbranched alkanes of at least 4 members (excludes halogenated alkanes) is 4. The van der Waals surface area contributed by atoms with E-state index in [1.807, 2.05) is 39.0 Å². The molecular formula is C47H62N2O8. The molecule has 10 nitrogen and oxygen atoms in total. The molecule has 0 bridgehead atoms. The monoisotopic (exact) mass is 782 g/mol. The third kappa shape index (κ3) is 15.1. The molecule has 308 valence electrons. The number of fused-ring (bicyclic) bond motifs is 1. The van der Waals surface area contributed by atoms with E-state index in [1.54, 1.807) is 60.7 Å². The maximum absolute atomic E-state index is 12.8. The fraction of sp³-hybridized carbons (Fsp3) is 0.404. The average molecular weight is 783 g/mol. The topological polar surface area (TPSA) is 134 Å². The number of benzene rings is 4. The first-order chi connectivity index (χ1) is 27.6. The van der Waals surface area contributed by atoms with Crippen molar-refractivity contribution in [3.05, 3.63) is 113 Å². The molecule has 0 amide bonds. The maximum Gasteiger partial charge on any atom is 0.346 e. The molecule has 2 N–H and O–H groups in total. The van der Waals surface area contributed by atoms with Crippen LogP contribution in [-0.4, -0.2) is 60.6 Å². The molecule has 0 aliphatic carbocycles.